The minimum atomic E-state index is 0.736. The van der Waals surface area contributed by atoms with Crippen LogP contribution in [0.15, 0.2) is 65.6 Å². The number of aromatic amines is 2. The van der Waals surface area contributed by atoms with Gasteiger partial charge in [0.1, 0.15) is 11.2 Å². The summed E-state index contributed by atoms with van der Waals surface area (Å²) in [5.41, 5.74) is 10.7. The highest BCUT2D eigenvalue weighted by Gasteiger charge is 2.16. The second-order valence-corrected chi connectivity index (χ2v) is 9.28. The van der Waals surface area contributed by atoms with Crippen LogP contribution in [0.3, 0.4) is 0 Å². The first-order chi connectivity index (χ1) is 16.7. The third-order valence-corrected chi connectivity index (χ3v) is 6.75. The van der Waals surface area contributed by atoms with Crippen molar-refractivity contribution in [3.63, 3.8) is 0 Å². The van der Waals surface area contributed by atoms with Crippen LogP contribution in [-0.2, 0) is 6.54 Å². The summed E-state index contributed by atoms with van der Waals surface area (Å²) >= 11 is 1.67. The Hall–Kier alpha value is -3.81. The van der Waals surface area contributed by atoms with Gasteiger partial charge >= 0.3 is 0 Å². The van der Waals surface area contributed by atoms with Crippen LogP contribution in [0.4, 0.5) is 0 Å². The molecular formula is C27H24N6S. The zero-order chi connectivity index (χ0) is 23.1. The maximum atomic E-state index is 4.94. The number of fused-ring (bicyclic) bond motifs is 2. The summed E-state index contributed by atoms with van der Waals surface area (Å²) in [6, 6.07) is 15.3. The second kappa shape index (κ2) is 8.52. The van der Waals surface area contributed by atoms with Crippen molar-refractivity contribution < 1.29 is 0 Å². The van der Waals surface area contributed by atoms with Crippen LogP contribution in [0.5, 0.6) is 0 Å². The largest absolute Gasteiger partial charge is 0.335 e. The number of rotatable bonds is 6. The van der Waals surface area contributed by atoms with Crippen molar-refractivity contribution >= 4 is 33.3 Å². The van der Waals surface area contributed by atoms with Gasteiger partial charge < -0.3 is 10.3 Å². The molecule has 0 aliphatic carbocycles. The molecule has 4 heterocycles. The smallest absolute Gasteiger partial charge is 0.159 e. The first-order valence-corrected chi connectivity index (χ1v) is 12.3. The topological polar surface area (TPSA) is 82.3 Å². The average molecular weight is 465 g/mol. The van der Waals surface area contributed by atoms with Crippen LogP contribution >= 0.6 is 11.3 Å². The van der Waals surface area contributed by atoms with E-state index in [-0.39, 0.29) is 0 Å². The number of pyridine rings is 1. The Morgan fingerprint density at radius 3 is 2.76 bits per heavy atom. The van der Waals surface area contributed by atoms with E-state index in [4.69, 9.17) is 4.98 Å². The molecule has 4 aromatic heterocycles. The van der Waals surface area contributed by atoms with E-state index in [1.54, 1.807) is 11.3 Å². The number of H-pyrrole nitrogens is 2. The molecule has 0 atom stereocenters. The molecule has 6 nitrogen and oxygen atoms in total. The van der Waals surface area contributed by atoms with Crippen LogP contribution in [0.2, 0.25) is 0 Å². The molecule has 0 saturated carbocycles. The van der Waals surface area contributed by atoms with Gasteiger partial charge in [-0.1, -0.05) is 30.7 Å². The van der Waals surface area contributed by atoms with Crippen molar-refractivity contribution in [1.82, 2.24) is 30.5 Å². The molecule has 0 amide bonds. The molecule has 0 aliphatic rings. The summed E-state index contributed by atoms with van der Waals surface area (Å²) in [5, 5.41) is 16.4. The first kappa shape index (κ1) is 20.8. The third kappa shape index (κ3) is 3.69. The molecule has 168 valence electrons. The van der Waals surface area contributed by atoms with Gasteiger partial charge in [0.25, 0.3) is 0 Å². The minimum absolute atomic E-state index is 0.736. The number of hydrogen-bond donors (Lipinski definition) is 3. The predicted octanol–water partition coefficient (Wildman–Crippen LogP) is 6.31. The molecule has 2 aromatic carbocycles. The van der Waals surface area contributed by atoms with Gasteiger partial charge in [-0.3, -0.25) is 10.1 Å². The van der Waals surface area contributed by atoms with Crippen LogP contribution in [0.1, 0.15) is 18.1 Å². The van der Waals surface area contributed by atoms with Gasteiger partial charge in [0.05, 0.1) is 17.2 Å². The fourth-order valence-electron chi connectivity index (χ4n) is 4.45. The zero-order valence-corrected chi connectivity index (χ0v) is 19.8. The number of thiophene rings is 1. The Balaban J connectivity index is 1.45. The second-order valence-electron chi connectivity index (χ2n) is 8.50. The molecule has 0 spiro atoms. The molecule has 34 heavy (non-hydrogen) atoms. The Bertz CT molecular complexity index is 1610. The molecule has 6 aromatic rings. The highest BCUT2D eigenvalue weighted by atomic mass is 32.1. The van der Waals surface area contributed by atoms with Gasteiger partial charge in [-0.25, -0.2) is 4.98 Å². The molecule has 0 unspecified atom stereocenters. The minimum Gasteiger partial charge on any atom is -0.335 e. The molecule has 0 saturated heterocycles. The predicted molar refractivity (Wildman–Crippen MR) is 140 cm³/mol. The number of imidazole rings is 1. The van der Waals surface area contributed by atoms with E-state index >= 15 is 0 Å². The fraction of sp³-hybridized carbons (Fsp3) is 0.148. The number of aryl methyl sites for hydroxylation is 1. The number of hydrogen-bond acceptors (Lipinski definition) is 5. The van der Waals surface area contributed by atoms with Gasteiger partial charge in [-0.15, -0.1) is 0 Å². The van der Waals surface area contributed by atoms with Crippen LogP contribution < -0.4 is 5.32 Å². The Morgan fingerprint density at radius 1 is 0.971 bits per heavy atom. The molecule has 0 aliphatic heterocycles. The summed E-state index contributed by atoms with van der Waals surface area (Å²) < 4.78 is 0. The summed E-state index contributed by atoms with van der Waals surface area (Å²) in [7, 11) is 0. The van der Waals surface area contributed by atoms with Crippen molar-refractivity contribution in [2.75, 3.05) is 6.54 Å². The molecule has 6 rings (SSSR count). The lowest BCUT2D eigenvalue weighted by molar-refractivity contribution is 0.726. The Labute approximate surface area is 201 Å². The average Bonchev–Trinajstić information content (AvgIpc) is 3.60. The van der Waals surface area contributed by atoms with Crippen molar-refractivity contribution in [3.8, 4) is 33.8 Å². The van der Waals surface area contributed by atoms with E-state index in [1.807, 2.05) is 12.4 Å². The molecule has 3 N–H and O–H groups in total. The number of nitrogens with one attached hydrogen (secondary N) is 3. The summed E-state index contributed by atoms with van der Waals surface area (Å²) in [5.74, 6) is 0.736. The van der Waals surface area contributed by atoms with E-state index in [1.165, 1.54) is 16.7 Å². The van der Waals surface area contributed by atoms with Gasteiger partial charge in [-0.2, -0.15) is 16.4 Å². The van der Waals surface area contributed by atoms with Crippen LogP contribution in [-0.4, -0.2) is 31.7 Å². The normalized spacial score (nSPS) is 11.6. The molecule has 0 radical (unpaired) electrons. The van der Waals surface area contributed by atoms with Crippen molar-refractivity contribution in [1.29, 1.82) is 0 Å². The summed E-state index contributed by atoms with van der Waals surface area (Å²) in [4.78, 5) is 12.8. The third-order valence-electron chi connectivity index (χ3n) is 6.06. The number of nitrogens with zero attached hydrogens (tertiary/aromatic N) is 3. The molecule has 7 heteroatoms. The van der Waals surface area contributed by atoms with Gasteiger partial charge in [0, 0.05) is 23.7 Å². The van der Waals surface area contributed by atoms with E-state index in [0.29, 0.717) is 0 Å². The lowest BCUT2D eigenvalue weighted by Crippen LogP contribution is -2.11. The Kier molecular flexibility index (Phi) is 5.20. The van der Waals surface area contributed by atoms with Crippen molar-refractivity contribution in [3.05, 3.63) is 76.7 Å². The van der Waals surface area contributed by atoms with E-state index in [2.05, 4.69) is 92.6 Å². The van der Waals surface area contributed by atoms with Crippen LogP contribution in [0.25, 0.3) is 55.7 Å². The van der Waals surface area contributed by atoms with Gasteiger partial charge in [0.2, 0.25) is 0 Å². The molecular weight excluding hydrogens is 440 g/mol. The zero-order valence-electron chi connectivity index (χ0n) is 19.0. The molecule has 0 bridgehead atoms. The standard InChI is InChI=1S/C27H24N6S/c1-3-28-12-17-8-16(2)9-20(10-17)18-4-5-23-21(11-18)26(33-32-23)27-30-24-14-29-13-22(25(24)31-27)19-6-7-34-15-19/h4-11,13-15,28H,3,12H2,1-2H3,(H,30,31)(H,32,33). The lowest BCUT2D eigenvalue weighted by Gasteiger charge is -2.09. The molecule has 0 fully saturated rings. The van der Waals surface area contributed by atoms with Crippen LogP contribution in [0, 0.1) is 6.92 Å². The summed E-state index contributed by atoms with van der Waals surface area (Å²) in [6.07, 6.45) is 3.69. The number of aromatic nitrogens is 5. The van der Waals surface area contributed by atoms with E-state index < -0.39 is 0 Å². The van der Waals surface area contributed by atoms with Crippen molar-refractivity contribution in [2.45, 2.75) is 20.4 Å². The number of benzene rings is 2. The lowest BCUT2D eigenvalue weighted by atomic mass is 9.98. The Morgan fingerprint density at radius 2 is 1.91 bits per heavy atom. The maximum absolute atomic E-state index is 4.94. The van der Waals surface area contributed by atoms with Crippen molar-refractivity contribution in [2.24, 2.45) is 0 Å². The maximum Gasteiger partial charge on any atom is 0.159 e. The highest BCUT2D eigenvalue weighted by Crippen LogP contribution is 2.33. The van der Waals surface area contributed by atoms with E-state index in [9.17, 15) is 0 Å². The SMILES string of the molecule is CCNCc1cc(C)cc(-c2ccc3[nH]nc(-c4nc5c(-c6ccsc6)cncc5[nH]4)c3c2)c1. The van der Waals surface area contributed by atoms with Gasteiger partial charge in [0.15, 0.2) is 5.82 Å². The van der Waals surface area contributed by atoms with Gasteiger partial charge in [-0.05, 0) is 70.7 Å². The summed E-state index contributed by atoms with van der Waals surface area (Å²) in [6.45, 7) is 6.09. The highest BCUT2D eigenvalue weighted by molar-refractivity contribution is 7.08. The fourth-order valence-corrected chi connectivity index (χ4v) is 5.10. The monoisotopic (exact) mass is 464 g/mol. The quantitative estimate of drug-likeness (QED) is 0.270. The van der Waals surface area contributed by atoms with E-state index in [0.717, 1.165) is 63.2 Å². The first-order valence-electron chi connectivity index (χ1n) is 11.4.